The molecule has 21 heteroatoms. The minimum Gasteiger partial charge on any atom is -0.469 e. The number of Topliss-reactive ketones (excluding diaryl/α,β-unsaturated/α-hetero) is 2. The quantitative estimate of drug-likeness (QED) is 0.0909. The number of methoxy groups -OCH3 is 1. The van der Waals surface area contributed by atoms with Crippen LogP contribution in [0.4, 0.5) is 5.69 Å². The van der Waals surface area contributed by atoms with E-state index >= 15 is 0 Å². The summed E-state index contributed by atoms with van der Waals surface area (Å²) in [5.41, 5.74) is 12.7. The van der Waals surface area contributed by atoms with Gasteiger partial charge in [0.1, 0.15) is 23.9 Å². The summed E-state index contributed by atoms with van der Waals surface area (Å²) in [5.74, 6) is -6.91. The van der Waals surface area contributed by atoms with Crippen molar-refractivity contribution in [3.05, 3.63) is 115 Å². The number of aliphatic hydroxyl groups is 10. The fourth-order valence-electron chi connectivity index (χ4n) is 10.0. The number of ketones is 2. The second-order valence-corrected chi connectivity index (χ2v) is 21.4. The van der Waals surface area contributed by atoms with E-state index in [1.165, 1.54) is 0 Å². The van der Waals surface area contributed by atoms with E-state index in [4.69, 9.17) is 35.2 Å². The Hall–Kier alpha value is -5.08. The van der Waals surface area contributed by atoms with E-state index in [-0.39, 0.29) is 49.7 Å². The van der Waals surface area contributed by atoms with Crippen molar-refractivity contribution in [1.29, 1.82) is 0 Å². The lowest BCUT2D eigenvalue weighted by Crippen LogP contribution is -2.61. The first kappa shape index (κ1) is 67.4. The van der Waals surface area contributed by atoms with E-state index in [1.807, 2.05) is 19.9 Å². The van der Waals surface area contributed by atoms with Crippen molar-refractivity contribution in [2.24, 2.45) is 23.5 Å². The Bertz CT molecular complexity index is 2300. The average Bonchev–Trinajstić information content (AvgIpc) is 3.48. The van der Waals surface area contributed by atoms with Crippen LogP contribution in [0.2, 0.25) is 0 Å². The van der Waals surface area contributed by atoms with Crippen LogP contribution in [-0.4, -0.2) is 179 Å². The van der Waals surface area contributed by atoms with Crippen molar-refractivity contribution in [3.8, 4) is 0 Å². The molecule has 0 radical (unpaired) electrons. The molecule has 2 bridgehead atoms. The van der Waals surface area contributed by atoms with Crippen LogP contribution in [0.3, 0.4) is 0 Å². The maximum atomic E-state index is 13.3. The Kier molecular flexibility index (Phi) is 28.4. The second-order valence-electron chi connectivity index (χ2n) is 21.4. The molecular weight excluding hydrogens is 1040 g/mol. The van der Waals surface area contributed by atoms with Crippen LogP contribution in [0, 0.1) is 17.8 Å². The summed E-state index contributed by atoms with van der Waals surface area (Å²) in [6, 6.07) is 5.24. The molecule has 14 unspecified atom stereocenters. The first-order chi connectivity index (χ1) is 37.9. The van der Waals surface area contributed by atoms with Gasteiger partial charge in [0.25, 0.3) is 0 Å². The minimum absolute atomic E-state index is 0.126. The molecular formula is C59H86N2O19. The SMILES string of the molecule is COC(=O)C1C(O)CC2(O)CC(O)CC(O)CC(O)CC(O)CC(=O)CC(O)CC(=O)OC(C(C)CCC(O)CC(=O)c3ccc(N)cc3)C(C)\C=C/C=C\C=C/C=C\C=C/C=C\C=C\C(O[C@@H]3O[C@H](C)[C@@H](O)[C@H](N)[C@@H]3O)CC1O2. The molecule has 3 heterocycles. The first-order valence-electron chi connectivity index (χ1n) is 27.3. The fraction of sp³-hybridized carbons (Fsp3) is 0.593. The van der Waals surface area contributed by atoms with Crippen LogP contribution in [-0.2, 0) is 38.1 Å². The van der Waals surface area contributed by atoms with Crippen LogP contribution in [0.5, 0.6) is 0 Å². The number of aliphatic hydroxyl groups excluding tert-OH is 9. The van der Waals surface area contributed by atoms with Crippen molar-refractivity contribution in [1.82, 2.24) is 0 Å². The van der Waals surface area contributed by atoms with Gasteiger partial charge in [0.2, 0.25) is 0 Å². The molecule has 4 rings (SSSR count). The van der Waals surface area contributed by atoms with Crippen molar-refractivity contribution >= 4 is 29.2 Å². The number of fused-ring (bicyclic) bond motifs is 2. The zero-order chi connectivity index (χ0) is 59.1. The molecule has 0 spiro atoms. The van der Waals surface area contributed by atoms with E-state index in [0.29, 0.717) is 17.7 Å². The summed E-state index contributed by atoms with van der Waals surface area (Å²) in [6.45, 7) is 5.23. The normalized spacial score (nSPS) is 38.0. The number of carbonyl (C=O) groups excluding carboxylic acids is 4. The average molecular weight is 1130 g/mol. The van der Waals surface area contributed by atoms with E-state index in [1.54, 1.807) is 110 Å². The van der Waals surface area contributed by atoms with Gasteiger partial charge in [-0.1, -0.05) is 98.9 Å². The number of anilines is 1. The van der Waals surface area contributed by atoms with E-state index in [9.17, 15) is 70.2 Å². The van der Waals surface area contributed by atoms with Crippen LogP contribution in [0.1, 0.15) is 108 Å². The predicted molar refractivity (Wildman–Crippen MR) is 294 cm³/mol. The van der Waals surface area contributed by atoms with Gasteiger partial charge in [-0.3, -0.25) is 19.2 Å². The molecule has 3 aliphatic heterocycles. The third kappa shape index (κ3) is 23.0. The smallest absolute Gasteiger partial charge is 0.313 e. The molecule has 19 atom stereocenters. The Labute approximate surface area is 468 Å². The molecule has 1 aromatic rings. The van der Waals surface area contributed by atoms with Crippen molar-refractivity contribution in [2.75, 3.05) is 12.8 Å². The van der Waals surface area contributed by atoms with E-state index < -0.39 is 160 Å². The van der Waals surface area contributed by atoms with E-state index in [0.717, 1.165) is 7.11 Å². The maximum absolute atomic E-state index is 13.3. The lowest BCUT2D eigenvalue weighted by Gasteiger charge is -2.45. The number of esters is 2. The molecule has 80 heavy (non-hydrogen) atoms. The highest BCUT2D eigenvalue weighted by Gasteiger charge is 2.51. The third-order valence-electron chi connectivity index (χ3n) is 14.3. The zero-order valence-electron chi connectivity index (χ0n) is 46.1. The Morgan fingerprint density at radius 1 is 0.713 bits per heavy atom. The molecule has 446 valence electrons. The van der Waals surface area contributed by atoms with Gasteiger partial charge in [0, 0.05) is 55.7 Å². The van der Waals surface area contributed by atoms with Gasteiger partial charge in [-0.2, -0.15) is 0 Å². The number of rotatable bonds is 10. The Morgan fingerprint density at radius 2 is 1.26 bits per heavy atom. The summed E-state index contributed by atoms with van der Waals surface area (Å²) in [6.07, 6.45) is 2.76. The molecule has 21 nitrogen and oxygen atoms in total. The molecule has 0 aromatic heterocycles. The number of hydrogen-bond acceptors (Lipinski definition) is 21. The summed E-state index contributed by atoms with van der Waals surface area (Å²) >= 11 is 0. The number of benzene rings is 1. The Balaban J connectivity index is 1.55. The molecule has 2 saturated heterocycles. The van der Waals surface area contributed by atoms with Gasteiger partial charge >= 0.3 is 11.9 Å². The molecule has 3 aliphatic rings. The number of nitrogen functional groups attached to an aromatic ring is 1. The molecule has 14 N–H and O–H groups in total. The first-order valence-corrected chi connectivity index (χ1v) is 27.3. The maximum Gasteiger partial charge on any atom is 0.313 e. The summed E-state index contributed by atoms with van der Waals surface area (Å²) in [4.78, 5) is 52.2. The summed E-state index contributed by atoms with van der Waals surface area (Å²) < 4.78 is 28.9. The molecule has 1 aromatic carbocycles. The fourth-order valence-corrected chi connectivity index (χ4v) is 10.0. The Morgan fingerprint density at radius 3 is 1.86 bits per heavy atom. The van der Waals surface area contributed by atoms with Crippen LogP contribution in [0.15, 0.2) is 109 Å². The summed E-state index contributed by atoms with van der Waals surface area (Å²) in [5, 5.41) is 109. The second kappa shape index (κ2) is 33.7. The highest BCUT2D eigenvalue weighted by atomic mass is 16.7. The summed E-state index contributed by atoms with van der Waals surface area (Å²) in [7, 11) is 1.11. The largest absolute Gasteiger partial charge is 0.469 e. The standard InChI is InChI=1S/C59H86N2O19/c1-35-17-15-13-11-9-7-5-6-8-10-12-14-16-18-47(78-58-55(73)53(61)54(72)37(3)77-58)32-50-52(57(74)76-4)49(70)34-59(75,80-50)33-46(68)29-44(66)27-42(64)25-41(63)26-43(65)28-45(67)31-51(71)79-56(35)36(2)19-24-40(62)30-48(69)38-20-22-39(60)23-21-38/h5-18,20-23,35-37,40-42,44-47,49-50,52-56,58,62-64,66-68,70,72-73,75H,19,24-34,60-61H2,1-4H3/b6-5-,9-7-,10-8-,13-11-,14-12-,17-15-,18-16+/t35?,36?,37-,40?,41?,42?,44?,45?,46?,47?,49?,50?,52?,53+,54-,55+,56?,58+,59?/m1/s1. The van der Waals surface area contributed by atoms with Gasteiger partial charge < -0.3 is 86.2 Å². The van der Waals surface area contributed by atoms with Crippen LogP contribution in [0.25, 0.3) is 0 Å². The number of cyclic esters (lactones) is 1. The zero-order valence-corrected chi connectivity index (χ0v) is 46.1. The van der Waals surface area contributed by atoms with Gasteiger partial charge in [0.05, 0.1) is 86.7 Å². The van der Waals surface area contributed by atoms with Gasteiger partial charge in [-0.25, -0.2) is 0 Å². The highest BCUT2D eigenvalue weighted by Crippen LogP contribution is 2.39. The van der Waals surface area contributed by atoms with Gasteiger partial charge in [0.15, 0.2) is 17.9 Å². The molecule has 0 aliphatic carbocycles. The monoisotopic (exact) mass is 1130 g/mol. The lowest BCUT2D eigenvalue weighted by molar-refractivity contribution is -0.308. The van der Waals surface area contributed by atoms with E-state index in [2.05, 4.69) is 0 Å². The number of carbonyl (C=O) groups is 4. The predicted octanol–water partition coefficient (Wildman–Crippen LogP) is 2.37. The number of hydrogen-bond donors (Lipinski definition) is 12. The third-order valence-corrected chi connectivity index (χ3v) is 14.3. The number of allylic oxidation sites excluding steroid dienone is 12. The highest BCUT2D eigenvalue weighted by molar-refractivity contribution is 5.96. The van der Waals surface area contributed by atoms with Crippen LogP contribution >= 0.6 is 0 Å². The van der Waals surface area contributed by atoms with Crippen molar-refractivity contribution < 1.29 is 93.9 Å². The molecule has 2 fully saturated rings. The minimum atomic E-state index is -2.29. The number of ether oxygens (including phenoxy) is 5. The topological polar surface area (TPSA) is 369 Å². The van der Waals surface area contributed by atoms with Gasteiger partial charge in [-0.05, 0) is 69.2 Å². The lowest BCUT2D eigenvalue weighted by atomic mass is 9.82. The number of nitrogens with two attached hydrogens (primary N) is 2. The van der Waals surface area contributed by atoms with Crippen molar-refractivity contribution in [3.63, 3.8) is 0 Å². The van der Waals surface area contributed by atoms with Crippen molar-refractivity contribution in [2.45, 2.75) is 195 Å². The van der Waals surface area contributed by atoms with Crippen LogP contribution < -0.4 is 11.5 Å². The molecule has 0 saturated carbocycles. The van der Waals surface area contributed by atoms with Gasteiger partial charge in [-0.15, -0.1) is 0 Å². The molecule has 0 amide bonds.